The van der Waals surface area contributed by atoms with Crippen LogP contribution in [0.1, 0.15) is 40.5 Å². The molecular weight excluding hydrogens is 326 g/mol. The molecule has 26 heavy (non-hydrogen) atoms. The van der Waals surface area contributed by atoms with Gasteiger partial charge in [-0.3, -0.25) is 4.79 Å². The highest BCUT2D eigenvalue weighted by Crippen LogP contribution is 2.40. The number of imidazole rings is 1. The fraction of sp³-hybridized carbons (Fsp3) is 0.333. The van der Waals surface area contributed by atoms with Crippen LogP contribution in [0.25, 0.3) is 11.0 Å². The molecule has 0 atom stereocenters. The average molecular weight is 349 g/mol. The number of nitrogens with zero attached hydrogens (tertiary/aromatic N) is 2. The van der Waals surface area contributed by atoms with E-state index in [0.717, 1.165) is 29.0 Å². The summed E-state index contributed by atoms with van der Waals surface area (Å²) in [5, 5.41) is 2.99. The van der Waals surface area contributed by atoms with Gasteiger partial charge in [0.2, 0.25) is 0 Å². The van der Waals surface area contributed by atoms with Crippen molar-refractivity contribution >= 4 is 16.9 Å². The number of fused-ring (bicyclic) bond motifs is 1. The number of rotatable bonds is 6. The van der Waals surface area contributed by atoms with Crippen molar-refractivity contribution in [1.82, 2.24) is 14.9 Å². The Morgan fingerprint density at radius 1 is 1.23 bits per heavy atom. The van der Waals surface area contributed by atoms with Gasteiger partial charge < -0.3 is 14.6 Å². The SMILES string of the molecule is COc1ccc(CCNC(=O)c2ccc3c(c2)nc(C2CC2)n3C)cc1. The summed E-state index contributed by atoms with van der Waals surface area (Å²) in [7, 11) is 3.71. The normalized spacial score (nSPS) is 13.8. The molecule has 0 aliphatic heterocycles. The first kappa shape index (κ1) is 16.6. The molecule has 134 valence electrons. The lowest BCUT2D eigenvalue weighted by atomic mass is 10.1. The lowest BCUT2D eigenvalue weighted by Gasteiger charge is -2.06. The molecule has 1 aromatic heterocycles. The highest BCUT2D eigenvalue weighted by atomic mass is 16.5. The third kappa shape index (κ3) is 3.29. The van der Waals surface area contributed by atoms with Crippen LogP contribution in [0.3, 0.4) is 0 Å². The fourth-order valence-corrected chi connectivity index (χ4v) is 3.28. The Kier molecular flexibility index (Phi) is 4.37. The van der Waals surface area contributed by atoms with Gasteiger partial charge in [0, 0.05) is 25.1 Å². The van der Waals surface area contributed by atoms with E-state index < -0.39 is 0 Å². The van der Waals surface area contributed by atoms with Crippen molar-refractivity contribution < 1.29 is 9.53 Å². The Morgan fingerprint density at radius 3 is 2.69 bits per heavy atom. The molecule has 5 heteroatoms. The molecule has 1 heterocycles. The Bertz CT molecular complexity index is 940. The van der Waals surface area contributed by atoms with Crippen LogP contribution < -0.4 is 10.1 Å². The first-order chi connectivity index (χ1) is 12.7. The van der Waals surface area contributed by atoms with E-state index in [2.05, 4.69) is 16.9 Å². The number of benzene rings is 2. The molecular formula is C21H23N3O2. The van der Waals surface area contributed by atoms with E-state index in [9.17, 15) is 4.79 Å². The largest absolute Gasteiger partial charge is 0.497 e. The van der Waals surface area contributed by atoms with Crippen LogP contribution in [-0.2, 0) is 13.5 Å². The van der Waals surface area contributed by atoms with E-state index >= 15 is 0 Å². The number of hydrogen-bond acceptors (Lipinski definition) is 3. The average Bonchev–Trinajstić information content (AvgIpc) is 3.46. The summed E-state index contributed by atoms with van der Waals surface area (Å²) in [6.45, 7) is 0.596. The molecule has 1 saturated carbocycles. The lowest BCUT2D eigenvalue weighted by Crippen LogP contribution is -2.25. The number of aryl methyl sites for hydroxylation is 1. The van der Waals surface area contributed by atoms with E-state index in [4.69, 9.17) is 9.72 Å². The molecule has 1 aliphatic rings. The second kappa shape index (κ2) is 6.83. The topological polar surface area (TPSA) is 56.1 Å². The first-order valence-corrected chi connectivity index (χ1v) is 9.03. The van der Waals surface area contributed by atoms with Gasteiger partial charge in [-0.25, -0.2) is 4.98 Å². The van der Waals surface area contributed by atoms with Crippen molar-refractivity contribution in [3.8, 4) is 5.75 Å². The number of methoxy groups -OCH3 is 1. The van der Waals surface area contributed by atoms with E-state index in [1.54, 1.807) is 7.11 Å². The quantitative estimate of drug-likeness (QED) is 0.742. The van der Waals surface area contributed by atoms with Crippen LogP contribution in [-0.4, -0.2) is 29.1 Å². The molecule has 4 rings (SSSR count). The predicted octanol–water partition coefficient (Wildman–Crippen LogP) is 3.43. The predicted molar refractivity (Wildman–Crippen MR) is 102 cm³/mol. The van der Waals surface area contributed by atoms with Gasteiger partial charge in [0.05, 0.1) is 18.1 Å². The summed E-state index contributed by atoms with van der Waals surface area (Å²) >= 11 is 0. The van der Waals surface area contributed by atoms with E-state index in [-0.39, 0.29) is 5.91 Å². The lowest BCUT2D eigenvalue weighted by molar-refractivity contribution is 0.0954. The van der Waals surface area contributed by atoms with Crippen molar-refractivity contribution in [3.05, 3.63) is 59.4 Å². The van der Waals surface area contributed by atoms with Gasteiger partial charge >= 0.3 is 0 Å². The molecule has 5 nitrogen and oxygen atoms in total. The van der Waals surface area contributed by atoms with Crippen LogP contribution in [0.2, 0.25) is 0 Å². The van der Waals surface area contributed by atoms with Crippen LogP contribution >= 0.6 is 0 Å². The van der Waals surface area contributed by atoms with Crippen LogP contribution in [0.15, 0.2) is 42.5 Å². The molecule has 0 saturated heterocycles. The first-order valence-electron chi connectivity index (χ1n) is 9.03. The van der Waals surface area contributed by atoms with E-state index in [0.29, 0.717) is 18.0 Å². The Hall–Kier alpha value is -2.82. The Labute approximate surface area is 153 Å². The molecule has 0 radical (unpaired) electrons. The molecule has 3 aromatic rings. The summed E-state index contributed by atoms with van der Waals surface area (Å²) < 4.78 is 7.31. The summed E-state index contributed by atoms with van der Waals surface area (Å²) in [6.07, 6.45) is 3.22. The second-order valence-electron chi connectivity index (χ2n) is 6.86. The molecule has 1 aliphatic carbocycles. The zero-order valence-electron chi connectivity index (χ0n) is 15.2. The molecule has 1 amide bonds. The van der Waals surface area contributed by atoms with Gasteiger partial charge in [-0.05, 0) is 55.2 Å². The van der Waals surface area contributed by atoms with Gasteiger partial charge in [-0.1, -0.05) is 12.1 Å². The number of ether oxygens (including phenoxy) is 1. The van der Waals surface area contributed by atoms with E-state index in [1.165, 1.54) is 18.4 Å². The smallest absolute Gasteiger partial charge is 0.251 e. The van der Waals surface area contributed by atoms with Gasteiger partial charge in [0.1, 0.15) is 11.6 Å². The number of carbonyl (C=O) groups excluding carboxylic acids is 1. The zero-order valence-corrected chi connectivity index (χ0v) is 15.2. The summed E-state index contributed by atoms with van der Waals surface area (Å²) in [5.74, 6) is 2.51. The highest BCUT2D eigenvalue weighted by molar-refractivity contribution is 5.97. The number of carbonyl (C=O) groups is 1. The zero-order chi connectivity index (χ0) is 18.1. The Morgan fingerprint density at radius 2 is 2.00 bits per heavy atom. The minimum Gasteiger partial charge on any atom is -0.497 e. The van der Waals surface area contributed by atoms with Gasteiger partial charge in [0.25, 0.3) is 5.91 Å². The highest BCUT2D eigenvalue weighted by Gasteiger charge is 2.28. The summed E-state index contributed by atoms with van der Waals surface area (Å²) in [5.41, 5.74) is 3.81. The minimum atomic E-state index is -0.0564. The molecule has 2 aromatic carbocycles. The van der Waals surface area contributed by atoms with E-state index in [1.807, 2.05) is 42.5 Å². The monoisotopic (exact) mass is 349 g/mol. The Balaban J connectivity index is 1.40. The maximum atomic E-state index is 12.5. The minimum absolute atomic E-state index is 0.0564. The maximum absolute atomic E-state index is 12.5. The van der Waals surface area contributed by atoms with Crippen molar-refractivity contribution in [3.63, 3.8) is 0 Å². The second-order valence-corrected chi connectivity index (χ2v) is 6.86. The molecule has 1 fully saturated rings. The third-order valence-corrected chi connectivity index (χ3v) is 4.98. The van der Waals surface area contributed by atoms with Gasteiger partial charge in [0.15, 0.2) is 0 Å². The summed E-state index contributed by atoms with van der Waals surface area (Å²) in [4.78, 5) is 17.2. The van der Waals surface area contributed by atoms with Crippen molar-refractivity contribution in [1.29, 1.82) is 0 Å². The van der Waals surface area contributed by atoms with Crippen LogP contribution in [0.4, 0.5) is 0 Å². The van der Waals surface area contributed by atoms with Crippen molar-refractivity contribution in [2.75, 3.05) is 13.7 Å². The third-order valence-electron chi connectivity index (χ3n) is 4.98. The number of hydrogen-bond donors (Lipinski definition) is 1. The fourth-order valence-electron chi connectivity index (χ4n) is 3.28. The van der Waals surface area contributed by atoms with Crippen molar-refractivity contribution in [2.45, 2.75) is 25.2 Å². The van der Waals surface area contributed by atoms with Gasteiger partial charge in [-0.15, -0.1) is 0 Å². The van der Waals surface area contributed by atoms with Crippen LogP contribution in [0, 0.1) is 0 Å². The molecule has 0 bridgehead atoms. The number of amides is 1. The molecule has 1 N–H and O–H groups in total. The molecule has 0 spiro atoms. The number of aromatic nitrogens is 2. The summed E-state index contributed by atoms with van der Waals surface area (Å²) in [6, 6.07) is 13.7. The van der Waals surface area contributed by atoms with Crippen LogP contribution in [0.5, 0.6) is 5.75 Å². The molecule has 0 unspecified atom stereocenters. The number of nitrogens with one attached hydrogen (secondary N) is 1. The van der Waals surface area contributed by atoms with Crippen molar-refractivity contribution in [2.24, 2.45) is 7.05 Å². The van der Waals surface area contributed by atoms with Gasteiger partial charge in [-0.2, -0.15) is 0 Å². The maximum Gasteiger partial charge on any atom is 0.251 e. The standard InChI is InChI=1S/C21H23N3O2/c1-24-19-10-7-16(13-18(19)23-20(24)15-5-6-15)21(25)22-12-11-14-3-8-17(26-2)9-4-14/h3-4,7-10,13,15H,5-6,11-12H2,1-2H3,(H,22,25).